The Bertz CT molecular complexity index is 325. The zero-order valence-electron chi connectivity index (χ0n) is 10.7. The van der Waals surface area contributed by atoms with Crippen LogP contribution in [0.3, 0.4) is 0 Å². The van der Waals surface area contributed by atoms with Crippen LogP contribution in [-0.2, 0) is 23.9 Å². The van der Waals surface area contributed by atoms with Gasteiger partial charge in [-0.1, -0.05) is 12.7 Å². The van der Waals surface area contributed by atoms with Crippen LogP contribution in [0, 0.1) is 5.92 Å². The summed E-state index contributed by atoms with van der Waals surface area (Å²) in [6.07, 6.45) is 3.89. The van der Waals surface area contributed by atoms with Crippen molar-refractivity contribution >= 4 is 17.7 Å². The van der Waals surface area contributed by atoms with E-state index in [1.54, 1.807) is 13.8 Å². The Morgan fingerprint density at radius 3 is 2.00 bits per heavy atom. The molecule has 0 aliphatic rings. The molecule has 0 unspecified atom stereocenters. The number of rotatable bonds is 8. The van der Waals surface area contributed by atoms with Gasteiger partial charge < -0.3 is 9.47 Å². The Hall–Kier alpha value is -1.91. The van der Waals surface area contributed by atoms with Gasteiger partial charge in [-0.05, 0) is 32.4 Å². The van der Waals surface area contributed by atoms with Crippen molar-refractivity contribution in [3.8, 4) is 0 Å². The highest BCUT2D eigenvalue weighted by molar-refractivity contribution is 5.99. The van der Waals surface area contributed by atoms with Crippen molar-refractivity contribution < 1.29 is 23.9 Å². The first-order valence-electron chi connectivity index (χ1n) is 5.72. The third-order valence-corrected chi connectivity index (χ3v) is 2.00. The van der Waals surface area contributed by atoms with Crippen LogP contribution >= 0.6 is 0 Å². The number of ether oxygens (including phenoxy) is 2. The lowest BCUT2D eigenvalue weighted by Crippen LogP contribution is -2.27. The van der Waals surface area contributed by atoms with Crippen LogP contribution < -0.4 is 0 Å². The predicted octanol–water partition coefficient (Wildman–Crippen LogP) is 1.43. The van der Waals surface area contributed by atoms with Crippen LogP contribution in [0.15, 0.2) is 24.8 Å². The number of hydrogen-bond acceptors (Lipinski definition) is 5. The highest BCUT2D eigenvalue weighted by Crippen LogP contribution is 2.10. The molecule has 0 aromatic carbocycles. The molecule has 0 N–H and O–H groups in total. The van der Waals surface area contributed by atoms with Crippen molar-refractivity contribution in [2.24, 2.45) is 5.92 Å². The largest absolute Gasteiger partial charge is 0.465 e. The minimum absolute atomic E-state index is 0.0667. The van der Waals surface area contributed by atoms with Gasteiger partial charge in [0.2, 0.25) is 0 Å². The first kappa shape index (κ1) is 16.1. The lowest BCUT2D eigenvalue weighted by molar-refractivity contribution is -0.161. The molecule has 0 spiro atoms. The Balaban J connectivity index is 4.61. The summed E-state index contributed by atoms with van der Waals surface area (Å²) in [5.74, 6) is -2.61. The zero-order chi connectivity index (χ0) is 14.0. The van der Waals surface area contributed by atoms with Gasteiger partial charge in [0.25, 0.3) is 0 Å². The van der Waals surface area contributed by atoms with E-state index in [-0.39, 0.29) is 25.4 Å². The SMILES string of the molecule is C=CC(=O)/C=C/CC(C(=O)OCC)C(=O)OCC. The summed E-state index contributed by atoms with van der Waals surface area (Å²) in [7, 11) is 0. The number of hydrogen-bond donors (Lipinski definition) is 0. The van der Waals surface area contributed by atoms with E-state index in [1.807, 2.05) is 0 Å². The third-order valence-electron chi connectivity index (χ3n) is 2.00. The summed E-state index contributed by atoms with van der Waals surface area (Å²) >= 11 is 0. The monoisotopic (exact) mass is 254 g/mol. The summed E-state index contributed by atoms with van der Waals surface area (Å²) < 4.78 is 9.55. The van der Waals surface area contributed by atoms with E-state index in [2.05, 4.69) is 6.58 Å². The molecule has 0 radical (unpaired) electrons. The fourth-order valence-corrected chi connectivity index (χ4v) is 1.16. The molecular weight excluding hydrogens is 236 g/mol. The van der Waals surface area contributed by atoms with Crippen molar-refractivity contribution in [1.29, 1.82) is 0 Å². The summed E-state index contributed by atoms with van der Waals surface area (Å²) in [6, 6.07) is 0. The van der Waals surface area contributed by atoms with E-state index in [4.69, 9.17) is 9.47 Å². The Morgan fingerprint density at radius 2 is 1.61 bits per heavy atom. The molecule has 0 aliphatic heterocycles. The summed E-state index contributed by atoms with van der Waals surface area (Å²) in [4.78, 5) is 34.0. The fraction of sp³-hybridized carbons (Fsp3) is 0.462. The second kappa shape index (κ2) is 9.15. The van der Waals surface area contributed by atoms with Crippen LogP contribution in [0.1, 0.15) is 20.3 Å². The molecule has 5 heteroatoms. The van der Waals surface area contributed by atoms with E-state index in [0.717, 1.165) is 6.08 Å². The van der Waals surface area contributed by atoms with Crippen LogP contribution in [0.5, 0.6) is 0 Å². The first-order chi connectivity index (χ1) is 8.56. The Kier molecular flexibility index (Phi) is 8.18. The molecule has 5 nitrogen and oxygen atoms in total. The molecule has 0 fully saturated rings. The fourth-order valence-electron chi connectivity index (χ4n) is 1.16. The van der Waals surface area contributed by atoms with Crippen molar-refractivity contribution in [1.82, 2.24) is 0 Å². The normalized spacial score (nSPS) is 10.4. The average molecular weight is 254 g/mol. The lowest BCUT2D eigenvalue weighted by Gasteiger charge is -2.12. The zero-order valence-corrected chi connectivity index (χ0v) is 10.7. The number of carbonyl (C=O) groups is 3. The highest BCUT2D eigenvalue weighted by Gasteiger charge is 2.28. The Morgan fingerprint density at radius 1 is 1.11 bits per heavy atom. The van der Waals surface area contributed by atoms with E-state index in [0.29, 0.717) is 0 Å². The van der Waals surface area contributed by atoms with E-state index in [9.17, 15) is 14.4 Å². The second-order valence-electron chi connectivity index (χ2n) is 3.30. The standard InChI is InChI=1S/C13H18O5/c1-4-10(14)8-7-9-11(12(15)17-5-2)13(16)18-6-3/h4,7-8,11H,1,5-6,9H2,2-3H3/b8-7+. The third kappa shape index (κ3) is 5.98. The van der Waals surface area contributed by atoms with Crippen LogP contribution in [0.25, 0.3) is 0 Å². The van der Waals surface area contributed by atoms with Gasteiger partial charge in [-0.2, -0.15) is 0 Å². The molecule has 0 aliphatic carbocycles. The Labute approximate surface area is 106 Å². The molecule has 100 valence electrons. The van der Waals surface area contributed by atoms with Gasteiger partial charge in [0.15, 0.2) is 11.7 Å². The molecule has 0 aromatic rings. The molecule has 0 heterocycles. The maximum atomic E-state index is 11.5. The van der Waals surface area contributed by atoms with E-state index >= 15 is 0 Å². The number of carbonyl (C=O) groups excluding carboxylic acids is 3. The molecule has 0 amide bonds. The van der Waals surface area contributed by atoms with Gasteiger partial charge in [0.1, 0.15) is 0 Å². The summed E-state index contributed by atoms with van der Waals surface area (Å²) in [5, 5.41) is 0. The van der Waals surface area contributed by atoms with Gasteiger partial charge in [0, 0.05) is 0 Å². The molecule has 18 heavy (non-hydrogen) atoms. The van der Waals surface area contributed by atoms with E-state index in [1.165, 1.54) is 12.2 Å². The number of esters is 2. The van der Waals surface area contributed by atoms with Crippen molar-refractivity contribution in [2.75, 3.05) is 13.2 Å². The summed E-state index contributed by atoms with van der Waals surface area (Å²) in [6.45, 7) is 6.97. The smallest absolute Gasteiger partial charge is 0.320 e. The molecule has 0 rings (SSSR count). The average Bonchev–Trinajstić information content (AvgIpc) is 2.34. The molecule has 0 aromatic heterocycles. The van der Waals surface area contributed by atoms with Crippen LogP contribution in [0.2, 0.25) is 0 Å². The molecule has 0 atom stereocenters. The lowest BCUT2D eigenvalue weighted by atomic mass is 10.1. The van der Waals surface area contributed by atoms with Gasteiger partial charge in [-0.25, -0.2) is 0 Å². The summed E-state index contributed by atoms with van der Waals surface area (Å²) in [5.41, 5.74) is 0. The van der Waals surface area contributed by atoms with Crippen LogP contribution in [0.4, 0.5) is 0 Å². The molecule has 0 bridgehead atoms. The first-order valence-corrected chi connectivity index (χ1v) is 5.72. The minimum atomic E-state index is -1.03. The molecule has 0 saturated carbocycles. The van der Waals surface area contributed by atoms with Crippen molar-refractivity contribution in [3.05, 3.63) is 24.8 Å². The van der Waals surface area contributed by atoms with Gasteiger partial charge in [-0.15, -0.1) is 0 Å². The minimum Gasteiger partial charge on any atom is -0.465 e. The van der Waals surface area contributed by atoms with Crippen molar-refractivity contribution in [3.63, 3.8) is 0 Å². The van der Waals surface area contributed by atoms with E-state index < -0.39 is 17.9 Å². The topological polar surface area (TPSA) is 69.7 Å². The highest BCUT2D eigenvalue weighted by atomic mass is 16.6. The van der Waals surface area contributed by atoms with Gasteiger partial charge in [-0.3, -0.25) is 14.4 Å². The molecular formula is C13H18O5. The maximum absolute atomic E-state index is 11.5. The maximum Gasteiger partial charge on any atom is 0.320 e. The van der Waals surface area contributed by atoms with Crippen LogP contribution in [-0.4, -0.2) is 30.9 Å². The number of allylic oxidation sites excluding steroid dienone is 3. The van der Waals surface area contributed by atoms with Gasteiger partial charge >= 0.3 is 11.9 Å². The number of ketones is 1. The molecule has 0 saturated heterocycles. The predicted molar refractivity (Wildman–Crippen MR) is 65.7 cm³/mol. The van der Waals surface area contributed by atoms with Gasteiger partial charge in [0.05, 0.1) is 13.2 Å². The van der Waals surface area contributed by atoms with Crippen molar-refractivity contribution in [2.45, 2.75) is 20.3 Å². The quantitative estimate of drug-likeness (QED) is 0.372. The second-order valence-corrected chi connectivity index (χ2v) is 3.30.